The lowest BCUT2D eigenvalue weighted by molar-refractivity contribution is -0.113. The summed E-state index contributed by atoms with van der Waals surface area (Å²) in [4.78, 5) is 30.8. The van der Waals surface area contributed by atoms with Crippen molar-refractivity contribution in [2.75, 3.05) is 6.54 Å². The van der Waals surface area contributed by atoms with Crippen molar-refractivity contribution >= 4 is 23.8 Å². The average Bonchev–Trinajstić information content (AvgIpc) is 2.74. The molecule has 0 spiro atoms. The van der Waals surface area contributed by atoms with Crippen LogP contribution in [0.25, 0.3) is 11.4 Å². The topological polar surface area (TPSA) is 130 Å². The van der Waals surface area contributed by atoms with Gasteiger partial charge in [0.05, 0.1) is 0 Å². The van der Waals surface area contributed by atoms with Gasteiger partial charge in [-0.25, -0.2) is 9.37 Å². The van der Waals surface area contributed by atoms with Gasteiger partial charge in [0.1, 0.15) is 11.4 Å². The fraction of sp³-hybridized carbons (Fsp3) is 0.100. The second-order valence-corrected chi connectivity index (χ2v) is 6.44. The first kappa shape index (κ1) is 21.2. The molecular weight excluding hydrogens is 415 g/mol. The van der Waals surface area contributed by atoms with E-state index in [1.54, 1.807) is 24.3 Å². The normalized spacial score (nSPS) is 11.6. The van der Waals surface area contributed by atoms with E-state index >= 15 is 0 Å². The molecule has 0 aliphatic rings. The van der Waals surface area contributed by atoms with Gasteiger partial charge in [-0.1, -0.05) is 11.6 Å². The minimum Gasteiger partial charge on any atom is -0.465 e. The van der Waals surface area contributed by atoms with Crippen molar-refractivity contribution in [1.29, 1.82) is 0 Å². The van der Waals surface area contributed by atoms with Crippen LogP contribution in [0.2, 0.25) is 5.02 Å². The van der Waals surface area contributed by atoms with Gasteiger partial charge >= 0.3 is 0 Å². The maximum atomic E-state index is 13.9. The van der Waals surface area contributed by atoms with E-state index in [9.17, 15) is 14.0 Å². The number of carbonyl (C=O) groups is 2. The molecule has 10 heteroatoms. The smallest absolute Gasteiger partial charge is 0.267 e. The number of carbonyl (C=O) groups excluding carboxylic acids is 2. The molecule has 1 atom stereocenters. The largest absolute Gasteiger partial charge is 0.465 e. The highest BCUT2D eigenvalue weighted by Gasteiger charge is 2.15. The van der Waals surface area contributed by atoms with E-state index in [4.69, 9.17) is 32.5 Å². The second-order valence-electron chi connectivity index (χ2n) is 6.01. The molecule has 1 amide bonds. The van der Waals surface area contributed by atoms with E-state index in [0.717, 1.165) is 6.07 Å². The molecule has 4 N–H and O–H groups in total. The van der Waals surface area contributed by atoms with Crippen molar-refractivity contribution in [3.8, 4) is 28.8 Å². The number of amides is 1. The van der Waals surface area contributed by atoms with Gasteiger partial charge in [-0.2, -0.15) is 4.98 Å². The Morgan fingerprint density at radius 2 is 1.90 bits per heavy atom. The first-order valence-corrected chi connectivity index (χ1v) is 9.01. The molecule has 8 nitrogen and oxygen atoms in total. The molecule has 30 heavy (non-hydrogen) atoms. The summed E-state index contributed by atoms with van der Waals surface area (Å²) >= 11 is 5.73. The SMILES string of the molecule is NC[C@@H](C=O)Oc1cc(C(N)=O)nc(-c2ccc(Oc3ccc(Cl)cc3F)cc2)n1. The minimum atomic E-state index is -0.932. The first-order valence-electron chi connectivity index (χ1n) is 8.64. The fourth-order valence-corrected chi connectivity index (χ4v) is 2.54. The third-order valence-corrected chi connectivity index (χ3v) is 4.08. The van der Waals surface area contributed by atoms with Crippen molar-refractivity contribution in [2.24, 2.45) is 11.5 Å². The molecule has 1 aromatic heterocycles. The van der Waals surface area contributed by atoms with Crippen LogP contribution >= 0.6 is 11.6 Å². The van der Waals surface area contributed by atoms with E-state index in [2.05, 4.69) is 9.97 Å². The van der Waals surface area contributed by atoms with Crippen molar-refractivity contribution in [1.82, 2.24) is 9.97 Å². The van der Waals surface area contributed by atoms with Crippen molar-refractivity contribution in [3.05, 3.63) is 65.1 Å². The third kappa shape index (κ3) is 5.07. The van der Waals surface area contributed by atoms with Gasteiger partial charge in [0.15, 0.2) is 29.8 Å². The summed E-state index contributed by atoms with van der Waals surface area (Å²) < 4.78 is 24.7. The molecule has 3 aromatic rings. The van der Waals surface area contributed by atoms with E-state index in [-0.39, 0.29) is 34.7 Å². The number of aromatic nitrogens is 2. The summed E-state index contributed by atoms with van der Waals surface area (Å²) in [6, 6.07) is 11.6. The Balaban J connectivity index is 1.88. The molecule has 0 aliphatic carbocycles. The Bertz CT molecular complexity index is 1080. The summed E-state index contributed by atoms with van der Waals surface area (Å²) in [6.45, 7) is -0.0674. The van der Waals surface area contributed by atoms with Gasteiger partial charge in [-0.3, -0.25) is 9.59 Å². The Labute approximate surface area is 175 Å². The highest BCUT2D eigenvalue weighted by molar-refractivity contribution is 6.30. The highest BCUT2D eigenvalue weighted by Crippen LogP contribution is 2.28. The van der Waals surface area contributed by atoms with Crippen LogP contribution in [-0.2, 0) is 4.79 Å². The number of nitrogens with two attached hydrogens (primary N) is 2. The van der Waals surface area contributed by atoms with E-state index in [0.29, 0.717) is 17.6 Å². The molecule has 1 heterocycles. The van der Waals surface area contributed by atoms with Gasteiger partial charge in [0.2, 0.25) is 5.88 Å². The predicted octanol–water partition coefficient (Wildman–Crippen LogP) is 2.73. The molecule has 0 saturated heterocycles. The molecule has 0 fully saturated rings. The van der Waals surface area contributed by atoms with Gasteiger partial charge in [-0.05, 0) is 42.5 Å². The van der Waals surface area contributed by atoms with Crippen LogP contribution in [0, 0.1) is 5.82 Å². The Kier molecular flexibility index (Phi) is 6.55. The molecule has 0 aliphatic heterocycles. The molecule has 2 aromatic carbocycles. The lowest BCUT2D eigenvalue weighted by Crippen LogP contribution is -2.28. The Hall–Kier alpha value is -3.56. The van der Waals surface area contributed by atoms with Crippen LogP contribution in [0.1, 0.15) is 10.5 Å². The zero-order chi connectivity index (χ0) is 21.7. The van der Waals surface area contributed by atoms with Crippen molar-refractivity contribution < 1.29 is 23.5 Å². The van der Waals surface area contributed by atoms with E-state index in [1.807, 2.05) is 0 Å². The first-order chi connectivity index (χ1) is 14.4. The lowest BCUT2D eigenvalue weighted by atomic mass is 10.2. The fourth-order valence-electron chi connectivity index (χ4n) is 2.38. The second kappa shape index (κ2) is 9.29. The van der Waals surface area contributed by atoms with Crippen LogP contribution in [0.3, 0.4) is 0 Å². The van der Waals surface area contributed by atoms with Gasteiger partial charge in [-0.15, -0.1) is 0 Å². The number of primary amides is 1. The lowest BCUT2D eigenvalue weighted by Gasteiger charge is -2.12. The summed E-state index contributed by atoms with van der Waals surface area (Å²) in [6.07, 6.45) is -0.410. The Morgan fingerprint density at radius 1 is 1.17 bits per heavy atom. The number of benzene rings is 2. The standard InChI is InChI=1S/C20H16ClFN4O4/c21-12-3-6-17(15(22)7-12)29-13-4-1-11(2-5-13)20-25-16(19(24)28)8-18(26-20)30-14(9-23)10-27/h1-8,10,14H,9,23H2,(H2,24,28)/t14-/m0/s1. The third-order valence-electron chi connectivity index (χ3n) is 3.85. The molecule has 154 valence electrons. The zero-order valence-electron chi connectivity index (χ0n) is 15.4. The Morgan fingerprint density at radius 3 is 2.50 bits per heavy atom. The predicted molar refractivity (Wildman–Crippen MR) is 107 cm³/mol. The van der Waals surface area contributed by atoms with E-state index < -0.39 is 17.8 Å². The number of nitrogens with zero attached hydrogens (tertiary/aromatic N) is 2. The highest BCUT2D eigenvalue weighted by atomic mass is 35.5. The minimum absolute atomic E-state index is 0.0106. The average molecular weight is 431 g/mol. The van der Waals surface area contributed by atoms with E-state index in [1.165, 1.54) is 18.2 Å². The molecule has 0 bridgehead atoms. The number of hydrogen-bond acceptors (Lipinski definition) is 7. The van der Waals surface area contributed by atoms with Crippen LogP contribution in [0.15, 0.2) is 48.5 Å². The van der Waals surface area contributed by atoms with Gasteiger partial charge in [0, 0.05) is 23.2 Å². The van der Waals surface area contributed by atoms with Crippen molar-refractivity contribution in [3.63, 3.8) is 0 Å². The number of rotatable bonds is 8. The van der Waals surface area contributed by atoms with Crippen LogP contribution in [0.4, 0.5) is 4.39 Å². The summed E-state index contributed by atoms with van der Waals surface area (Å²) in [5, 5.41) is 0.256. The molecule has 0 radical (unpaired) electrons. The maximum absolute atomic E-state index is 13.9. The molecule has 0 unspecified atom stereocenters. The summed E-state index contributed by atoms with van der Waals surface area (Å²) in [5.41, 5.74) is 11.2. The van der Waals surface area contributed by atoms with Gasteiger partial charge in [0.25, 0.3) is 5.91 Å². The molecule has 0 saturated carbocycles. The monoisotopic (exact) mass is 430 g/mol. The summed E-state index contributed by atoms with van der Waals surface area (Å²) in [7, 11) is 0. The quantitative estimate of drug-likeness (QED) is 0.525. The van der Waals surface area contributed by atoms with Gasteiger partial charge < -0.3 is 20.9 Å². The molecular formula is C20H16ClFN4O4. The molecule has 3 rings (SSSR count). The number of aldehydes is 1. The van der Waals surface area contributed by atoms with Crippen LogP contribution < -0.4 is 20.9 Å². The van der Waals surface area contributed by atoms with Crippen molar-refractivity contribution in [2.45, 2.75) is 6.10 Å². The number of halogens is 2. The number of ether oxygens (including phenoxy) is 2. The zero-order valence-corrected chi connectivity index (χ0v) is 16.2. The maximum Gasteiger partial charge on any atom is 0.267 e. The summed E-state index contributed by atoms with van der Waals surface area (Å²) in [5.74, 6) is -0.928. The number of hydrogen-bond donors (Lipinski definition) is 2. The van der Waals surface area contributed by atoms with Crippen LogP contribution in [-0.4, -0.2) is 34.8 Å². The van der Waals surface area contributed by atoms with Crippen LogP contribution in [0.5, 0.6) is 17.4 Å².